The molecule has 7 heteroatoms. The standard InChI is InChI=1S/C23H34ClNO4Si/c1-22(2,3)30(5,6)29-17-9-11-23(12-10-17)13-14-25(21(23)27)19-8-7-16(15-18(19)24)20(26)28-4/h7-8,15,17H,9-14H2,1-6H3. The van der Waals surface area contributed by atoms with Gasteiger partial charge in [0.1, 0.15) is 0 Å². The maximum Gasteiger partial charge on any atom is 0.337 e. The SMILES string of the molecule is COC(=O)c1ccc(N2CCC3(CCC(O[Si](C)(C)C(C)(C)C)CC3)C2=O)c(Cl)c1. The fourth-order valence-electron chi connectivity index (χ4n) is 4.34. The number of anilines is 1. The Bertz CT molecular complexity index is 825. The highest BCUT2D eigenvalue weighted by molar-refractivity contribution is 6.74. The molecule has 1 aromatic rings. The minimum atomic E-state index is -1.80. The first-order valence-electron chi connectivity index (χ1n) is 10.8. The van der Waals surface area contributed by atoms with Gasteiger partial charge < -0.3 is 14.1 Å². The molecule has 0 aromatic heterocycles. The summed E-state index contributed by atoms with van der Waals surface area (Å²) in [4.78, 5) is 26.9. The predicted molar refractivity (Wildman–Crippen MR) is 123 cm³/mol. The van der Waals surface area contributed by atoms with Gasteiger partial charge in [0.05, 0.1) is 28.8 Å². The summed E-state index contributed by atoms with van der Waals surface area (Å²) in [6.45, 7) is 12.0. The summed E-state index contributed by atoms with van der Waals surface area (Å²) in [5, 5.41) is 0.591. The molecule has 0 bridgehead atoms. The molecule has 166 valence electrons. The van der Waals surface area contributed by atoms with Crippen LogP contribution >= 0.6 is 11.6 Å². The highest BCUT2D eigenvalue weighted by Crippen LogP contribution is 2.48. The van der Waals surface area contributed by atoms with Crippen molar-refractivity contribution in [1.82, 2.24) is 0 Å². The minimum absolute atomic E-state index is 0.154. The van der Waals surface area contributed by atoms with E-state index in [1.54, 1.807) is 23.1 Å². The van der Waals surface area contributed by atoms with Crippen LogP contribution in [0.15, 0.2) is 18.2 Å². The van der Waals surface area contributed by atoms with Gasteiger partial charge in [-0.25, -0.2) is 4.79 Å². The van der Waals surface area contributed by atoms with E-state index in [1.165, 1.54) is 7.11 Å². The zero-order chi connectivity index (χ0) is 22.3. The summed E-state index contributed by atoms with van der Waals surface area (Å²) in [6, 6.07) is 4.98. The van der Waals surface area contributed by atoms with E-state index >= 15 is 0 Å². The molecule has 1 amide bonds. The molecular weight excluding hydrogens is 418 g/mol. The van der Waals surface area contributed by atoms with Crippen LogP contribution in [-0.4, -0.2) is 40.0 Å². The Labute approximate surface area is 186 Å². The van der Waals surface area contributed by atoms with Crippen LogP contribution in [0.2, 0.25) is 23.2 Å². The van der Waals surface area contributed by atoms with Crippen LogP contribution in [0.25, 0.3) is 0 Å². The average Bonchev–Trinajstić information content (AvgIpc) is 2.98. The van der Waals surface area contributed by atoms with E-state index in [0.29, 0.717) is 22.8 Å². The van der Waals surface area contributed by atoms with Crippen molar-refractivity contribution in [1.29, 1.82) is 0 Å². The normalized spacial score (nSPS) is 25.1. The number of hydrogen-bond acceptors (Lipinski definition) is 4. The zero-order valence-electron chi connectivity index (χ0n) is 19.0. The number of halogens is 1. The summed E-state index contributed by atoms with van der Waals surface area (Å²) in [5.41, 5.74) is 0.749. The second-order valence-electron chi connectivity index (χ2n) is 10.2. The molecule has 1 spiro atoms. The third-order valence-electron chi connectivity index (χ3n) is 7.33. The van der Waals surface area contributed by atoms with Crippen molar-refractivity contribution in [3.63, 3.8) is 0 Å². The van der Waals surface area contributed by atoms with E-state index in [9.17, 15) is 9.59 Å². The smallest absolute Gasteiger partial charge is 0.337 e. The topological polar surface area (TPSA) is 55.8 Å². The van der Waals surface area contributed by atoms with Crippen molar-refractivity contribution in [2.75, 3.05) is 18.6 Å². The van der Waals surface area contributed by atoms with Gasteiger partial charge in [-0.15, -0.1) is 0 Å². The van der Waals surface area contributed by atoms with Crippen molar-refractivity contribution in [3.8, 4) is 0 Å². The van der Waals surface area contributed by atoms with Crippen molar-refractivity contribution in [2.24, 2.45) is 5.41 Å². The lowest BCUT2D eigenvalue weighted by Gasteiger charge is -2.43. The Morgan fingerprint density at radius 2 is 1.83 bits per heavy atom. The maximum atomic E-state index is 13.4. The van der Waals surface area contributed by atoms with Crippen molar-refractivity contribution < 1.29 is 18.8 Å². The first-order chi connectivity index (χ1) is 13.9. The number of benzene rings is 1. The number of carbonyl (C=O) groups is 2. The molecule has 3 rings (SSSR count). The molecule has 0 atom stereocenters. The molecule has 0 radical (unpaired) electrons. The number of nitrogens with zero attached hydrogens (tertiary/aromatic N) is 1. The van der Waals surface area contributed by atoms with Crippen LogP contribution < -0.4 is 4.90 Å². The lowest BCUT2D eigenvalue weighted by Crippen LogP contribution is -2.46. The van der Waals surface area contributed by atoms with E-state index in [-0.39, 0.29) is 22.5 Å². The van der Waals surface area contributed by atoms with Crippen LogP contribution in [0.5, 0.6) is 0 Å². The molecule has 0 N–H and O–H groups in total. The summed E-state index contributed by atoms with van der Waals surface area (Å²) < 4.78 is 11.4. The fraction of sp³-hybridized carbons (Fsp3) is 0.652. The van der Waals surface area contributed by atoms with Gasteiger partial charge >= 0.3 is 5.97 Å². The number of methoxy groups -OCH3 is 1. The highest BCUT2D eigenvalue weighted by atomic mass is 35.5. The van der Waals surface area contributed by atoms with Crippen molar-refractivity contribution in [2.45, 2.75) is 77.1 Å². The lowest BCUT2D eigenvalue weighted by molar-refractivity contribution is -0.128. The molecule has 1 aliphatic carbocycles. The fourth-order valence-corrected chi connectivity index (χ4v) is 6.05. The van der Waals surface area contributed by atoms with E-state index in [4.69, 9.17) is 20.8 Å². The van der Waals surface area contributed by atoms with Crippen LogP contribution in [0.3, 0.4) is 0 Å². The Kier molecular flexibility index (Phi) is 6.43. The quantitative estimate of drug-likeness (QED) is 0.427. The molecular formula is C23H34ClNO4Si. The summed E-state index contributed by atoms with van der Waals surface area (Å²) in [5.74, 6) is -0.284. The maximum absolute atomic E-state index is 13.4. The predicted octanol–water partition coefficient (Wildman–Crippen LogP) is 5.81. The molecule has 30 heavy (non-hydrogen) atoms. The number of hydrogen-bond donors (Lipinski definition) is 0. The molecule has 1 aliphatic heterocycles. The molecule has 1 aromatic carbocycles. The third-order valence-corrected chi connectivity index (χ3v) is 12.2. The van der Waals surface area contributed by atoms with E-state index in [0.717, 1.165) is 32.1 Å². The summed E-state index contributed by atoms with van der Waals surface area (Å²) in [7, 11) is -0.466. The second-order valence-corrected chi connectivity index (χ2v) is 15.4. The van der Waals surface area contributed by atoms with Gasteiger partial charge in [0.25, 0.3) is 0 Å². The van der Waals surface area contributed by atoms with Gasteiger partial charge in [-0.2, -0.15) is 0 Å². The van der Waals surface area contributed by atoms with Gasteiger partial charge in [0, 0.05) is 12.6 Å². The third kappa shape index (κ3) is 4.32. The second kappa shape index (κ2) is 8.28. The van der Waals surface area contributed by atoms with Crippen LogP contribution in [0.4, 0.5) is 5.69 Å². The summed E-state index contributed by atoms with van der Waals surface area (Å²) in [6.07, 6.45) is 4.68. The molecule has 1 heterocycles. The van der Waals surface area contributed by atoms with Gasteiger partial charge in [-0.1, -0.05) is 32.4 Å². The Hall–Kier alpha value is -1.37. The Morgan fingerprint density at radius 3 is 2.37 bits per heavy atom. The lowest BCUT2D eigenvalue weighted by atomic mass is 9.72. The van der Waals surface area contributed by atoms with E-state index in [1.807, 2.05) is 0 Å². The van der Waals surface area contributed by atoms with Gasteiger partial charge in [-0.05, 0) is 68.4 Å². The zero-order valence-corrected chi connectivity index (χ0v) is 20.8. The average molecular weight is 452 g/mol. The number of carbonyl (C=O) groups excluding carboxylic acids is 2. The van der Waals surface area contributed by atoms with Gasteiger partial charge in [0.15, 0.2) is 8.32 Å². The molecule has 1 saturated carbocycles. The molecule has 0 unspecified atom stereocenters. The number of rotatable bonds is 4. The van der Waals surface area contributed by atoms with Gasteiger partial charge in [0.2, 0.25) is 5.91 Å². The number of ether oxygens (including phenoxy) is 1. The monoisotopic (exact) mass is 451 g/mol. The highest BCUT2D eigenvalue weighted by Gasteiger charge is 2.50. The van der Waals surface area contributed by atoms with Crippen LogP contribution in [0.1, 0.15) is 63.2 Å². The Balaban J connectivity index is 1.69. The van der Waals surface area contributed by atoms with Gasteiger partial charge in [-0.3, -0.25) is 4.79 Å². The van der Waals surface area contributed by atoms with E-state index < -0.39 is 14.3 Å². The van der Waals surface area contributed by atoms with Crippen LogP contribution in [0, 0.1) is 5.41 Å². The first kappa shape index (κ1) is 23.3. The van der Waals surface area contributed by atoms with Crippen molar-refractivity contribution in [3.05, 3.63) is 28.8 Å². The molecule has 2 fully saturated rings. The number of esters is 1. The number of amides is 1. The largest absolute Gasteiger partial charge is 0.465 e. The van der Waals surface area contributed by atoms with Crippen LogP contribution in [-0.2, 0) is 14.0 Å². The molecule has 2 aliphatic rings. The molecule has 5 nitrogen and oxygen atoms in total. The summed E-state index contributed by atoms with van der Waals surface area (Å²) >= 11 is 6.42. The first-order valence-corrected chi connectivity index (χ1v) is 14.1. The van der Waals surface area contributed by atoms with E-state index in [2.05, 4.69) is 33.9 Å². The Morgan fingerprint density at radius 1 is 1.20 bits per heavy atom. The molecule has 1 saturated heterocycles. The minimum Gasteiger partial charge on any atom is -0.465 e. The van der Waals surface area contributed by atoms with Crippen molar-refractivity contribution >= 4 is 37.5 Å².